The minimum Gasteiger partial charge on any atom is -0.352 e. The van der Waals surface area contributed by atoms with Crippen molar-refractivity contribution in [3.05, 3.63) is 72.3 Å². The third-order valence-corrected chi connectivity index (χ3v) is 7.01. The quantitative estimate of drug-likeness (QED) is 0.759. The number of allylic oxidation sites excluding steroid dienone is 1. The molecule has 0 bridgehead atoms. The summed E-state index contributed by atoms with van der Waals surface area (Å²) in [6.07, 6.45) is 3.10. The van der Waals surface area contributed by atoms with Crippen molar-refractivity contribution < 1.29 is 13.2 Å². The van der Waals surface area contributed by atoms with Gasteiger partial charge in [-0.05, 0) is 49.0 Å². The molecule has 1 heterocycles. The van der Waals surface area contributed by atoms with Crippen LogP contribution in [0.15, 0.2) is 71.6 Å². The maximum absolute atomic E-state index is 12.7. The van der Waals surface area contributed by atoms with E-state index in [-0.39, 0.29) is 11.8 Å². The molecule has 0 aliphatic carbocycles. The summed E-state index contributed by atoms with van der Waals surface area (Å²) >= 11 is 0. The maximum Gasteiger partial charge on any atom is 0.244 e. The minimum absolute atomic E-state index is 0.110. The molecule has 28 heavy (non-hydrogen) atoms. The molecule has 1 saturated heterocycles. The van der Waals surface area contributed by atoms with Crippen molar-refractivity contribution in [3.63, 3.8) is 0 Å². The Labute approximate surface area is 167 Å². The van der Waals surface area contributed by atoms with E-state index in [4.69, 9.17) is 0 Å². The Kier molecular flexibility index (Phi) is 6.65. The Hall–Kier alpha value is -2.44. The summed E-state index contributed by atoms with van der Waals surface area (Å²) in [6.45, 7) is 3.45. The molecule has 1 N–H and O–H groups in total. The topological polar surface area (TPSA) is 66.5 Å². The van der Waals surface area contributed by atoms with E-state index in [1.54, 1.807) is 34.6 Å². The fourth-order valence-corrected chi connectivity index (χ4v) is 4.86. The number of benzene rings is 2. The smallest absolute Gasteiger partial charge is 0.244 e. The average Bonchev–Trinajstić information content (AvgIpc) is 2.74. The van der Waals surface area contributed by atoms with Crippen LogP contribution in [0.4, 0.5) is 0 Å². The van der Waals surface area contributed by atoms with Crippen molar-refractivity contribution in [1.29, 1.82) is 0 Å². The number of nitrogens with zero attached hydrogens (tertiary/aromatic N) is 1. The van der Waals surface area contributed by atoms with Gasteiger partial charge in [-0.1, -0.05) is 48.5 Å². The SMILES string of the molecule is C/C(=C\C(=O)NCC1CCN(S(=O)(=O)c2ccccc2)CC1)c1ccccc1. The highest BCUT2D eigenvalue weighted by molar-refractivity contribution is 7.89. The molecule has 0 spiro atoms. The van der Waals surface area contributed by atoms with Crippen LogP contribution in [0, 0.1) is 5.92 Å². The lowest BCUT2D eigenvalue weighted by Gasteiger charge is -2.31. The second-order valence-electron chi connectivity index (χ2n) is 7.10. The average molecular weight is 399 g/mol. The fraction of sp³-hybridized carbons (Fsp3) is 0.318. The Morgan fingerprint density at radius 2 is 1.61 bits per heavy atom. The van der Waals surface area contributed by atoms with Crippen LogP contribution in [0.1, 0.15) is 25.3 Å². The van der Waals surface area contributed by atoms with Crippen molar-refractivity contribution in [2.45, 2.75) is 24.7 Å². The summed E-state index contributed by atoms with van der Waals surface area (Å²) in [5.41, 5.74) is 1.94. The lowest BCUT2D eigenvalue weighted by atomic mass is 9.98. The zero-order valence-electron chi connectivity index (χ0n) is 16.0. The first kappa shape index (κ1) is 20.3. The first-order valence-corrected chi connectivity index (χ1v) is 11.0. The number of sulfonamides is 1. The Morgan fingerprint density at radius 1 is 1.04 bits per heavy atom. The lowest BCUT2D eigenvalue weighted by molar-refractivity contribution is -0.116. The molecule has 1 fully saturated rings. The van der Waals surface area contributed by atoms with E-state index in [0.29, 0.717) is 24.5 Å². The van der Waals surface area contributed by atoms with Gasteiger partial charge in [0, 0.05) is 25.7 Å². The van der Waals surface area contributed by atoms with Gasteiger partial charge in [0.2, 0.25) is 15.9 Å². The molecule has 5 nitrogen and oxygen atoms in total. The second-order valence-corrected chi connectivity index (χ2v) is 9.04. The molecular formula is C22H26N2O3S. The monoisotopic (exact) mass is 398 g/mol. The number of hydrogen-bond donors (Lipinski definition) is 1. The molecule has 0 aromatic heterocycles. The molecule has 6 heteroatoms. The summed E-state index contributed by atoms with van der Waals surface area (Å²) < 4.78 is 26.9. The molecular weight excluding hydrogens is 372 g/mol. The maximum atomic E-state index is 12.7. The van der Waals surface area contributed by atoms with E-state index < -0.39 is 10.0 Å². The number of carbonyl (C=O) groups is 1. The van der Waals surface area contributed by atoms with E-state index in [1.807, 2.05) is 43.3 Å². The summed E-state index contributed by atoms with van der Waals surface area (Å²) in [4.78, 5) is 12.5. The number of piperidine rings is 1. The largest absolute Gasteiger partial charge is 0.352 e. The molecule has 3 rings (SSSR count). The zero-order chi connectivity index (χ0) is 20.0. The van der Waals surface area contributed by atoms with Crippen LogP contribution in [0.2, 0.25) is 0 Å². The molecule has 2 aromatic rings. The van der Waals surface area contributed by atoms with Gasteiger partial charge >= 0.3 is 0 Å². The molecule has 0 unspecified atom stereocenters. The Bertz CT molecular complexity index is 917. The normalized spacial score (nSPS) is 16.7. The van der Waals surface area contributed by atoms with Crippen LogP contribution in [-0.4, -0.2) is 38.3 Å². The molecule has 1 aliphatic heterocycles. The van der Waals surface area contributed by atoms with Gasteiger partial charge in [-0.25, -0.2) is 8.42 Å². The van der Waals surface area contributed by atoms with Gasteiger partial charge in [-0.2, -0.15) is 4.31 Å². The molecule has 148 valence electrons. The molecule has 0 saturated carbocycles. The lowest BCUT2D eigenvalue weighted by Crippen LogP contribution is -2.41. The first-order valence-electron chi connectivity index (χ1n) is 9.53. The summed E-state index contributed by atoms with van der Waals surface area (Å²) in [6, 6.07) is 18.3. The van der Waals surface area contributed by atoms with Crippen molar-refractivity contribution >= 4 is 21.5 Å². The van der Waals surface area contributed by atoms with Crippen molar-refractivity contribution in [3.8, 4) is 0 Å². The van der Waals surface area contributed by atoms with E-state index in [1.165, 1.54) is 0 Å². The number of carbonyl (C=O) groups excluding carboxylic acids is 1. The second kappa shape index (κ2) is 9.17. The van der Waals surface area contributed by atoms with Crippen molar-refractivity contribution in [1.82, 2.24) is 9.62 Å². The number of hydrogen-bond acceptors (Lipinski definition) is 3. The van der Waals surface area contributed by atoms with E-state index >= 15 is 0 Å². The summed E-state index contributed by atoms with van der Waals surface area (Å²) in [7, 11) is -3.43. The summed E-state index contributed by atoms with van der Waals surface area (Å²) in [5, 5.41) is 2.96. The summed E-state index contributed by atoms with van der Waals surface area (Å²) in [5.74, 6) is 0.178. The third-order valence-electron chi connectivity index (χ3n) is 5.10. The Morgan fingerprint density at radius 3 is 2.21 bits per heavy atom. The van der Waals surface area contributed by atoms with Crippen LogP contribution < -0.4 is 5.32 Å². The molecule has 1 aliphatic rings. The molecule has 0 atom stereocenters. The van der Waals surface area contributed by atoms with E-state index in [0.717, 1.165) is 24.0 Å². The highest BCUT2D eigenvalue weighted by atomic mass is 32.2. The van der Waals surface area contributed by atoms with Crippen LogP contribution in [0.25, 0.3) is 5.57 Å². The van der Waals surface area contributed by atoms with Gasteiger partial charge in [0.15, 0.2) is 0 Å². The first-order chi connectivity index (χ1) is 13.5. The molecule has 0 radical (unpaired) electrons. The van der Waals surface area contributed by atoms with Gasteiger partial charge in [0.05, 0.1) is 4.90 Å². The predicted octanol–water partition coefficient (Wildman–Crippen LogP) is 3.31. The van der Waals surface area contributed by atoms with Crippen molar-refractivity contribution in [2.24, 2.45) is 5.92 Å². The number of nitrogens with one attached hydrogen (secondary N) is 1. The standard InChI is InChI=1S/C22H26N2O3S/c1-18(20-8-4-2-5-9-20)16-22(25)23-17-19-12-14-24(15-13-19)28(26,27)21-10-6-3-7-11-21/h2-11,16,19H,12-15,17H2,1H3,(H,23,25)/b18-16+. The molecule has 1 amide bonds. The third kappa shape index (κ3) is 5.09. The van der Waals surface area contributed by atoms with Crippen LogP contribution in [0.5, 0.6) is 0 Å². The molecule has 2 aromatic carbocycles. The van der Waals surface area contributed by atoms with Crippen LogP contribution in [-0.2, 0) is 14.8 Å². The highest BCUT2D eigenvalue weighted by Crippen LogP contribution is 2.23. The van der Waals surface area contributed by atoms with E-state index in [9.17, 15) is 13.2 Å². The number of amides is 1. The van der Waals surface area contributed by atoms with Gasteiger partial charge in [-0.15, -0.1) is 0 Å². The van der Waals surface area contributed by atoms with Crippen LogP contribution >= 0.6 is 0 Å². The fourth-order valence-electron chi connectivity index (χ4n) is 3.37. The number of rotatable bonds is 6. The predicted molar refractivity (Wildman–Crippen MR) is 111 cm³/mol. The van der Waals surface area contributed by atoms with Crippen molar-refractivity contribution in [2.75, 3.05) is 19.6 Å². The van der Waals surface area contributed by atoms with Gasteiger partial charge in [-0.3, -0.25) is 4.79 Å². The van der Waals surface area contributed by atoms with Crippen LogP contribution in [0.3, 0.4) is 0 Å². The zero-order valence-corrected chi connectivity index (χ0v) is 16.9. The Balaban J connectivity index is 1.49. The van der Waals surface area contributed by atoms with Gasteiger partial charge < -0.3 is 5.32 Å². The van der Waals surface area contributed by atoms with E-state index in [2.05, 4.69) is 5.32 Å². The minimum atomic E-state index is -3.43. The van der Waals surface area contributed by atoms with Gasteiger partial charge in [0.1, 0.15) is 0 Å². The van der Waals surface area contributed by atoms with Gasteiger partial charge in [0.25, 0.3) is 0 Å². The highest BCUT2D eigenvalue weighted by Gasteiger charge is 2.29.